The lowest BCUT2D eigenvalue weighted by Crippen LogP contribution is -2.19. The quantitative estimate of drug-likeness (QED) is 0.766. The van der Waals surface area contributed by atoms with E-state index in [-0.39, 0.29) is 12.1 Å². The summed E-state index contributed by atoms with van der Waals surface area (Å²) in [6.07, 6.45) is -0.103. The van der Waals surface area contributed by atoms with E-state index < -0.39 is 0 Å². The van der Waals surface area contributed by atoms with Crippen LogP contribution in [0.15, 0.2) is 6.07 Å². The van der Waals surface area contributed by atoms with E-state index in [9.17, 15) is 0 Å². The molecule has 0 saturated carbocycles. The normalized spacial score (nSPS) is 12.2. The molecule has 0 spiro atoms. The van der Waals surface area contributed by atoms with Crippen molar-refractivity contribution in [1.82, 2.24) is 9.97 Å². The molecule has 1 aromatic rings. The Labute approximate surface area is 88.4 Å². The number of nitrogen functional groups attached to an aromatic ring is 1. The van der Waals surface area contributed by atoms with E-state index in [1.54, 1.807) is 13.2 Å². The minimum atomic E-state index is -0.103. The first-order chi connectivity index (χ1) is 7.15. The first kappa shape index (κ1) is 11.5. The third-order valence-electron chi connectivity index (χ3n) is 1.63. The molecule has 0 aromatic carbocycles. The van der Waals surface area contributed by atoms with Gasteiger partial charge in [0, 0.05) is 7.11 Å². The van der Waals surface area contributed by atoms with Gasteiger partial charge < -0.3 is 19.9 Å². The van der Waals surface area contributed by atoms with Gasteiger partial charge in [0.1, 0.15) is 6.10 Å². The Balaban J connectivity index is 2.71. The van der Waals surface area contributed by atoms with Crippen LogP contribution in [0.2, 0.25) is 0 Å². The molecule has 0 radical (unpaired) electrons. The highest BCUT2D eigenvalue weighted by Crippen LogP contribution is 2.17. The van der Waals surface area contributed by atoms with Crippen molar-refractivity contribution in [3.8, 4) is 11.8 Å². The molecule has 1 rings (SSSR count). The third kappa shape index (κ3) is 3.59. The first-order valence-corrected chi connectivity index (χ1v) is 4.50. The summed E-state index contributed by atoms with van der Waals surface area (Å²) >= 11 is 0. The maximum Gasteiger partial charge on any atom is 0.226 e. The average molecular weight is 213 g/mol. The predicted octanol–water partition coefficient (Wildman–Crippen LogP) is 0.481. The highest BCUT2D eigenvalue weighted by atomic mass is 16.5. The number of ether oxygens (including phenoxy) is 3. The van der Waals surface area contributed by atoms with Gasteiger partial charge >= 0.3 is 0 Å². The van der Waals surface area contributed by atoms with E-state index in [0.717, 1.165) is 0 Å². The number of hydrogen-bond acceptors (Lipinski definition) is 6. The molecule has 0 fully saturated rings. The van der Waals surface area contributed by atoms with E-state index in [2.05, 4.69) is 9.97 Å². The van der Waals surface area contributed by atoms with Crippen LogP contribution in [0.25, 0.3) is 0 Å². The van der Waals surface area contributed by atoms with Gasteiger partial charge in [-0.25, -0.2) is 0 Å². The molecule has 0 bridgehead atoms. The minimum Gasteiger partial charge on any atom is -0.481 e. The molecule has 0 aliphatic carbocycles. The molecule has 1 aromatic heterocycles. The minimum absolute atomic E-state index is 0.103. The second-order valence-corrected chi connectivity index (χ2v) is 2.99. The van der Waals surface area contributed by atoms with Crippen molar-refractivity contribution >= 4 is 5.95 Å². The smallest absolute Gasteiger partial charge is 0.226 e. The molecule has 1 unspecified atom stereocenters. The summed E-state index contributed by atoms with van der Waals surface area (Å²) in [5, 5.41) is 0. The molecule has 6 nitrogen and oxygen atoms in total. The SMILES string of the molecule is COCC(C)Oc1cc(OC)nc(N)n1. The van der Waals surface area contributed by atoms with Gasteiger partial charge in [0.05, 0.1) is 19.8 Å². The van der Waals surface area contributed by atoms with Crippen molar-refractivity contribution < 1.29 is 14.2 Å². The summed E-state index contributed by atoms with van der Waals surface area (Å²) in [7, 11) is 3.11. The molecule has 0 aliphatic rings. The number of methoxy groups -OCH3 is 2. The maximum absolute atomic E-state index is 5.47. The Morgan fingerprint density at radius 2 is 2.00 bits per heavy atom. The zero-order valence-corrected chi connectivity index (χ0v) is 9.06. The van der Waals surface area contributed by atoms with Gasteiger partial charge in [-0.1, -0.05) is 0 Å². The lowest BCUT2D eigenvalue weighted by molar-refractivity contribution is 0.0887. The monoisotopic (exact) mass is 213 g/mol. The van der Waals surface area contributed by atoms with Crippen molar-refractivity contribution in [1.29, 1.82) is 0 Å². The topological polar surface area (TPSA) is 79.5 Å². The fourth-order valence-corrected chi connectivity index (χ4v) is 1.06. The molecule has 0 aliphatic heterocycles. The van der Waals surface area contributed by atoms with Crippen LogP contribution in [0.3, 0.4) is 0 Å². The summed E-state index contributed by atoms with van der Waals surface area (Å²) < 4.78 is 15.3. The lowest BCUT2D eigenvalue weighted by Gasteiger charge is -2.13. The van der Waals surface area contributed by atoms with E-state index >= 15 is 0 Å². The van der Waals surface area contributed by atoms with Crippen molar-refractivity contribution in [2.75, 3.05) is 26.6 Å². The Morgan fingerprint density at radius 1 is 1.33 bits per heavy atom. The Bertz CT molecular complexity index is 319. The standard InChI is InChI=1S/C9H15N3O3/c1-6(5-13-2)15-8-4-7(14-3)11-9(10)12-8/h4,6H,5H2,1-3H3,(H2,10,11,12). The van der Waals surface area contributed by atoms with Gasteiger partial charge in [-0.15, -0.1) is 0 Å². The van der Waals surface area contributed by atoms with Crippen LogP contribution in [0.5, 0.6) is 11.8 Å². The van der Waals surface area contributed by atoms with Crippen LogP contribution in [-0.2, 0) is 4.74 Å². The fraction of sp³-hybridized carbons (Fsp3) is 0.556. The van der Waals surface area contributed by atoms with E-state index in [4.69, 9.17) is 19.9 Å². The van der Waals surface area contributed by atoms with Crippen LogP contribution < -0.4 is 15.2 Å². The molecule has 1 heterocycles. The Morgan fingerprint density at radius 3 is 2.60 bits per heavy atom. The Hall–Kier alpha value is -1.56. The molecule has 6 heteroatoms. The molecule has 15 heavy (non-hydrogen) atoms. The third-order valence-corrected chi connectivity index (χ3v) is 1.63. The Kier molecular flexibility index (Phi) is 4.11. The van der Waals surface area contributed by atoms with Crippen molar-refractivity contribution in [3.63, 3.8) is 0 Å². The zero-order valence-electron chi connectivity index (χ0n) is 9.06. The average Bonchev–Trinajstić information content (AvgIpc) is 2.17. The van der Waals surface area contributed by atoms with Crippen LogP contribution in [0, 0.1) is 0 Å². The number of nitrogens with two attached hydrogens (primary N) is 1. The van der Waals surface area contributed by atoms with E-state index in [1.165, 1.54) is 7.11 Å². The van der Waals surface area contributed by atoms with Crippen LogP contribution in [-0.4, -0.2) is 36.9 Å². The molecule has 0 amide bonds. The van der Waals surface area contributed by atoms with E-state index in [0.29, 0.717) is 18.4 Å². The van der Waals surface area contributed by atoms with Gasteiger partial charge in [-0.3, -0.25) is 0 Å². The summed E-state index contributed by atoms with van der Waals surface area (Å²) in [5.41, 5.74) is 5.47. The van der Waals surface area contributed by atoms with Crippen molar-refractivity contribution in [2.45, 2.75) is 13.0 Å². The summed E-state index contributed by atoms with van der Waals surface area (Å²) in [6, 6.07) is 1.57. The van der Waals surface area contributed by atoms with Crippen LogP contribution >= 0.6 is 0 Å². The molecule has 0 saturated heterocycles. The van der Waals surface area contributed by atoms with Crippen LogP contribution in [0.4, 0.5) is 5.95 Å². The fourth-order valence-electron chi connectivity index (χ4n) is 1.06. The van der Waals surface area contributed by atoms with E-state index in [1.807, 2.05) is 6.92 Å². The summed E-state index contributed by atoms with van der Waals surface area (Å²) in [6.45, 7) is 2.35. The number of nitrogens with zero attached hydrogens (tertiary/aromatic N) is 2. The molecular formula is C9H15N3O3. The summed E-state index contributed by atoms with van der Waals surface area (Å²) in [5.74, 6) is 0.875. The second-order valence-electron chi connectivity index (χ2n) is 2.99. The molecule has 84 valence electrons. The van der Waals surface area contributed by atoms with Gasteiger partial charge in [-0.05, 0) is 6.92 Å². The van der Waals surface area contributed by atoms with Gasteiger partial charge in [0.15, 0.2) is 0 Å². The van der Waals surface area contributed by atoms with Gasteiger partial charge in [-0.2, -0.15) is 9.97 Å². The number of hydrogen-bond donors (Lipinski definition) is 1. The van der Waals surface area contributed by atoms with Gasteiger partial charge in [0.25, 0.3) is 0 Å². The molecule has 2 N–H and O–H groups in total. The lowest BCUT2D eigenvalue weighted by atomic mass is 10.4. The van der Waals surface area contributed by atoms with Crippen molar-refractivity contribution in [3.05, 3.63) is 6.07 Å². The molecular weight excluding hydrogens is 198 g/mol. The predicted molar refractivity (Wildman–Crippen MR) is 55.0 cm³/mol. The first-order valence-electron chi connectivity index (χ1n) is 4.50. The number of aromatic nitrogens is 2. The highest BCUT2D eigenvalue weighted by molar-refractivity contribution is 5.29. The second kappa shape index (κ2) is 5.35. The zero-order chi connectivity index (χ0) is 11.3. The van der Waals surface area contributed by atoms with Crippen LogP contribution in [0.1, 0.15) is 6.92 Å². The maximum atomic E-state index is 5.47. The summed E-state index contributed by atoms with van der Waals surface area (Å²) in [4.78, 5) is 7.75. The van der Waals surface area contributed by atoms with Crippen molar-refractivity contribution in [2.24, 2.45) is 0 Å². The van der Waals surface area contributed by atoms with Gasteiger partial charge in [0.2, 0.25) is 17.7 Å². The largest absolute Gasteiger partial charge is 0.481 e. The number of rotatable bonds is 5. The highest BCUT2D eigenvalue weighted by Gasteiger charge is 2.07. The molecule has 1 atom stereocenters. The number of anilines is 1.